The molecule has 0 saturated heterocycles. The average molecular weight is 234 g/mol. The molecule has 0 fully saturated rings. The zero-order valence-electron chi connectivity index (χ0n) is 10.0. The standard InChI is InChI=1S/C10H18O6/c1-7(13-4)5-15-10(12)16-8(2)6-14-9(3)11/h7-8H,5-6H2,1-4H3. The normalized spacial score (nSPS) is 13.8. The lowest BCUT2D eigenvalue weighted by molar-refractivity contribution is -0.144. The molecule has 0 heterocycles. The van der Waals surface area contributed by atoms with Crippen LogP contribution in [0.2, 0.25) is 0 Å². The average Bonchev–Trinajstić information content (AvgIpc) is 2.23. The maximum Gasteiger partial charge on any atom is 0.508 e. The lowest BCUT2D eigenvalue weighted by Crippen LogP contribution is -2.24. The molecule has 0 aromatic heterocycles. The lowest BCUT2D eigenvalue weighted by atomic mass is 10.4. The maximum absolute atomic E-state index is 11.1. The predicted octanol–water partition coefficient (Wildman–Crippen LogP) is 1.13. The van der Waals surface area contributed by atoms with Gasteiger partial charge in [0.25, 0.3) is 0 Å². The number of esters is 1. The van der Waals surface area contributed by atoms with Crippen LogP contribution >= 0.6 is 0 Å². The number of carbonyl (C=O) groups is 2. The van der Waals surface area contributed by atoms with Crippen LogP contribution in [0, 0.1) is 0 Å². The van der Waals surface area contributed by atoms with E-state index in [1.54, 1.807) is 13.8 Å². The molecule has 0 aliphatic carbocycles. The van der Waals surface area contributed by atoms with E-state index in [1.807, 2.05) is 0 Å². The summed E-state index contributed by atoms with van der Waals surface area (Å²) in [4.78, 5) is 21.6. The Labute approximate surface area is 94.8 Å². The van der Waals surface area contributed by atoms with Crippen molar-refractivity contribution in [2.45, 2.75) is 33.0 Å². The van der Waals surface area contributed by atoms with Gasteiger partial charge in [-0.05, 0) is 13.8 Å². The molecule has 0 aromatic rings. The lowest BCUT2D eigenvalue weighted by Gasteiger charge is -2.14. The van der Waals surface area contributed by atoms with E-state index in [0.29, 0.717) is 0 Å². The second-order valence-corrected chi connectivity index (χ2v) is 3.34. The summed E-state index contributed by atoms with van der Waals surface area (Å²) in [6, 6.07) is 0. The number of carbonyl (C=O) groups excluding carboxylic acids is 2. The highest BCUT2D eigenvalue weighted by molar-refractivity contribution is 5.66. The topological polar surface area (TPSA) is 71.1 Å². The summed E-state index contributed by atoms with van der Waals surface area (Å²) in [5, 5.41) is 0. The van der Waals surface area contributed by atoms with Crippen LogP contribution in [-0.2, 0) is 23.7 Å². The quantitative estimate of drug-likeness (QED) is 0.641. The minimum atomic E-state index is -0.802. The summed E-state index contributed by atoms with van der Waals surface area (Å²) >= 11 is 0. The summed E-state index contributed by atoms with van der Waals surface area (Å²) in [6.07, 6.45) is -1.52. The van der Waals surface area contributed by atoms with Gasteiger partial charge in [0.2, 0.25) is 0 Å². The third-order valence-electron chi connectivity index (χ3n) is 1.66. The summed E-state index contributed by atoms with van der Waals surface area (Å²) in [6.45, 7) is 4.78. The van der Waals surface area contributed by atoms with Crippen molar-refractivity contribution in [2.75, 3.05) is 20.3 Å². The van der Waals surface area contributed by atoms with E-state index in [-0.39, 0.29) is 19.3 Å². The van der Waals surface area contributed by atoms with Gasteiger partial charge in [0.15, 0.2) is 0 Å². The fourth-order valence-corrected chi connectivity index (χ4v) is 0.720. The zero-order valence-corrected chi connectivity index (χ0v) is 10.0. The Morgan fingerprint density at radius 2 is 1.62 bits per heavy atom. The van der Waals surface area contributed by atoms with Crippen LogP contribution in [0.15, 0.2) is 0 Å². The Bertz CT molecular complexity index is 227. The van der Waals surface area contributed by atoms with Crippen LogP contribution in [0.25, 0.3) is 0 Å². The van der Waals surface area contributed by atoms with Gasteiger partial charge in [-0.3, -0.25) is 4.79 Å². The van der Waals surface area contributed by atoms with Crippen LogP contribution in [0.1, 0.15) is 20.8 Å². The molecule has 0 aromatic carbocycles. The second-order valence-electron chi connectivity index (χ2n) is 3.34. The molecule has 6 nitrogen and oxygen atoms in total. The van der Waals surface area contributed by atoms with E-state index < -0.39 is 18.2 Å². The summed E-state index contributed by atoms with van der Waals surface area (Å²) in [5.41, 5.74) is 0. The molecule has 0 N–H and O–H groups in total. The highest BCUT2D eigenvalue weighted by Gasteiger charge is 2.13. The van der Waals surface area contributed by atoms with Crippen LogP contribution < -0.4 is 0 Å². The maximum atomic E-state index is 11.1. The first kappa shape index (κ1) is 14.7. The molecular formula is C10H18O6. The van der Waals surface area contributed by atoms with Gasteiger partial charge in [-0.25, -0.2) is 4.79 Å². The molecule has 0 aliphatic rings. The first-order valence-electron chi connectivity index (χ1n) is 4.95. The van der Waals surface area contributed by atoms with Gasteiger partial charge in [-0.2, -0.15) is 0 Å². The van der Waals surface area contributed by atoms with E-state index in [2.05, 4.69) is 4.74 Å². The molecule has 0 bridgehead atoms. The van der Waals surface area contributed by atoms with E-state index in [1.165, 1.54) is 14.0 Å². The Balaban J connectivity index is 3.65. The van der Waals surface area contributed by atoms with E-state index in [0.717, 1.165) is 0 Å². The van der Waals surface area contributed by atoms with Gasteiger partial charge in [0.1, 0.15) is 19.3 Å². The number of methoxy groups -OCH3 is 1. The van der Waals surface area contributed by atoms with Crippen LogP contribution in [-0.4, -0.2) is 44.7 Å². The van der Waals surface area contributed by atoms with Gasteiger partial charge < -0.3 is 18.9 Å². The molecular weight excluding hydrogens is 216 g/mol. The van der Waals surface area contributed by atoms with E-state index in [9.17, 15) is 9.59 Å². The molecule has 2 unspecified atom stereocenters. The van der Waals surface area contributed by atoms with E-state index in [4.69, 9.17) is 14.2 Å². The molecule has 0 aliphatic heterocycles. The predicted molar refractivity (Wildman–Crippen MR) is 55.0 cm³/mol. The third-order valence-corrected chi connectivity index (χ3v) is 1.66. The summed E-state index contributed by atoms with van der Waals surface area (Å²) < 4.78 is 19.1. The molecule has 0 saturated carbocycles. The zero-order chi connectivity index (χ0) is 12.6. The second kappa shape index (κ2) is 7.92. The minimum absolute atomic E-state index is 0.0181. The largest absolute Gasteiger partial charge is 0.508 e. The Kier molecular flexibility index (Phi) is 7.28. The number of hydrogen-bond acceptors (Lipinski definition) is 6. The van der Waals surface area contributed by atoms with Crippen molar-refractivity contribution < 1.29 is 28.5 Å². The Morgan fingerprint density at radius 3 is 2.12 bits per heavy atom. The van der Waals surface area contributed by atoms with Crippen molar-refractivity contribution in [1.82, 2.24) is 0 Å². The SMILES string of the molecule is COC(C)COC(=O)OC(C)COC(C)=O. The van der Waals surface area contributed by atoms with Crippen LogP contribution in [0.4, 0.5) is 4.79 Å². The van der Waals surface area contributed by atoms with Gasteiger partial charge in [-0.1, -0.05) is 0 Å². The fraction of sp³-hybridized carbons (Fsp3) is 0.800. The number of ether oxygens (including phenoxy) is 4. The minimum Gasteiger partial charge on any atom is -0.462 e. The van der Waals surface area contributed by atoms with Crippen molar-refractivity contribution in [3.63, 3.8) is 0 Å². The highest BCUT2D eigenvalue weighted by atomic mass is 16.7. The number of hydrogen-bond donors (Lipinski definition) is 0. The summed E-state index contributed by atoms with van der Waals surface area (Å²) in [5.74, 6) is -0.420. The van der Waals surface area contributed by atoms with Gasteiger partial charge >= 0.3 is 12.1 Å². The molecule has 16 heavy (non-hydrogen) atoms. The molecule has 0 spiro atoms. The smallest absolute Gasteiger partial charge is 0.462 e. The van der Waals surface area contributed by atoms with Crippen LogP contribution in [0.5, 0.6) is 0 Å². The fourth-order valence-electron chi connectivity index (χ4n) is 0.720. The van der Waals surface area contributed by atoms with Crippen LogP contribution in [0.3, 0.4) is 0 Å². The van der Waals surface area contributed by atoms with Gasteiger partial charge in [0, 0.05) is 14.0 Å². The monoisotopic (exact) mass is 234 g/mol. The Morgan fingerprint density at radius 1 is 1.06 bits per heavy atom. The van der Waals surface area contributed by atoms with Crippen molar-refractivity contribution in [2.24, 2.45) is 0 Å². The van der Waals surface area contributed by atoms with Crippen molar-refractivity contribution in [3.8, 4) is 0 Å². The first-order valence-corrected chi connectivity index (χ1v) is 4.95. The van der Waals surface area contributed by atoms with Crippen molar-refractivity contribution in [3.05, 3.63) is 0 Å². The number of rotatable bonds is 6. The van der Waals surface area contributed by atoms with Gasteiger partial charge in [-0.15, -0.1) is 0 Å². The molecule has 6 heteroatoms. The van der Waals surface area contributed by atoms with Gasteiger partial charge in [0.05, 0.1) is 6.10 Å². The van der Waals surface area contributed by atoms with Crippen molar-refractivity contribution in [1.29, 1.82) is 0 Å². The summed E-state index contributed by atoms with van der Waals surface area (Å²) in [7, 11) is 1.52. The molecule has 0 amide bonds. The van der Waals surface area contributed by atoms with Crippen molar-refractivity contribution >= 4 is 12.1 Å². The molecule has 0 radical (unpaired) electrons. The molecule has 2 atom stereocenters. The molecule has 0 rings (SSSR count). The third kappa shape index (κ3) is 8.05. The highest BCUT2D eigenvalue weighted by Crippen LogP contribution is 1.98. The molecule has 94 valence electrons. The first-order chi connectivity index (χ1) is 7.45. The Hall–Kier alpha value is -1.30. The van der Waals surface area contributed by atoms with E-state index >= 15 is 0 Å².